The van der Waals surface area contributed by atoms with Gasteiger partial charge in [-0.25, -0.2) is 0 Å². The molecule has 1 aromatic carbocycles. The van der Waals surface area contributed by atoms with E-state index in [-0.39, 0.29) is 11.5 Å². The Morgan fingerprint density at radius 3 is 2.26 bits per heavy atom. The van der Waals surface area contributed by atoms with Crippen molar-refractivity contribution in [3.05, 3.63) is 17.7 Å². The molecule has 1 rings (SSSR count). The molecule has 4 heteroatoms. The van der Waals surface area contributed by atoms with Crippen LogP contribution in [-0.4, -0.2) is 21.9 Å². The highest BCUT2D eigenvalue weighted by molar-refractivity contribution is 5.50. The zero-order valence-electron chi connectivity index (χ0n) is 11.8. The van der Waals surface area contributed by atoms with Crippen molar-refractivity contribution in [3.8, 4) is 17.2 Å². The summed E-state index contributed by atoms with van der Waals surface area (Å²) in [4.78, 5) is 0. The van der Waals surface area contributed by atoms with Crippen molar-refractivity contribution in [1.29, 1.82) is 0 Å². The fourth-order valence-electron chi connectivity index (χ4n) is 2.13. The molecule has 4 nitrogen and oxygen atoms in total. The Balaban J connectivity index is 2.44. The van der Waals surface area contributed by atoms with Crippen LogP contribution in [0.1, 0.15) is 45.1 Å². The number of benzene rings is 1. The quantitative estimate of drug-likeness (QED) is 0.546. The molecule has 0 aromatic heterocycles. The summed E-state index contributed by atoms with van der Waals surface area (Å²) in [6.07, 6.45) is 4.85. The third-order valence-corrected chi connectivity index (χ3v) is 3.43. The Kier molecular flexibility index (Phi) is 6.50. The molecule has 4 N–H and O–H groups in total. The molecule has 1 aromatic rings. The van der Waals surface area contributed by atoms with Crippen molar-refractivity contribution in [2.24, 2.45) is 5.92 Å². The number of phenolic OH excluding ortho intramolecular Hbond substituents is 3. The van der Waals surface area contributed by atoms with Crippen LogP contribution >= 0.6 is 0 Å². The summed E-state index contributed by atoms with van der Waals surface area (Å²) in [5.74, 6) is -0.359. The van der Waals surface area contributed by atoms with Crippen molar-refractivity contribution in [2.75, 3.05) is 6.54 Å². The van der Waals surface area contributed by atoms with E-state index in [0.717, 1.165) is 18.5 Å². The van der Waals surface area contributed by atoms with Crippen LogP contribution in [0.5, 0.6) is 17.2 Å². The summed E-state index contributed by atoms with van der Waals surface area (Å²) in [6.45, 7) is 5.89. The second-order valence-electron chi connectivity index (χ2n) is 5.03. The molecule has 0 saturated heterocycles. The van der Waals surface area contributed by atoms with Gasteiger partial charge in [0.2, 0.25) is 0 Å². The molecule has 1 unspecified atom stereocenters. The van der Waals surface area contributed by atoms with E-state index in [4.69, 9.17) is 0 Å². The van der Waals surface area contributed by atoms with Crippen LogP contribution in [0.4, 0.5) is 0 Å². The third-order valence-electron chi connectivity index (χ3n) is 3.43. The monoisotopic (exact) mass is 267 g/mol. The standard InChI is InChI=1S/C15H25NO3/c1-3-5-6-11(4-2)9-16-10-12-7-13(17)15(19)14(18)8-12/h7-8,11,16-19H,3-6,9-10H2,1-2H3. The third kappa shape index (κ3) is 4.99. The first-order valence-corrected chi connectivity index (χ1v) is 7.03. The van der Waals surface area contributed by atoms with Crippen molar-refractivity contribution in [3.63, 3.8) is 0 Å². The van der Waals surface area contributed by atoms with Crippen LogP contribution in [0.15, 0.2) is 12.1 Å². The van der Waals surface area contributed by atoms with E-state index in [9.17, 15) is 15.3 Å². The number of hydrogen-bond donors (Lipinski definition) is 4. The fraction of sp³-hybridized carbons (Fsp3) is 0.600. The Bertz CT molecular complexity index is 370. The summed E-state index contributed by atoms with van der Waals surface area (Å²) < 4.78 is 0. The largest absolute Gasteiger partial charge is 0.504 e. The van der Waals surface area contributed by atoms with Crippen LogP contribution in [0.2, 0.25) is 0 Å². The molecule has 0 aliphatic carbocycles. The first-order chi connectivity index (χ1) is 9.08. The Hall–Kier alpha value is -1.42. The molecule has 0 heterocycles. The normalized spacial score (nSPS) is 12.5. The lowest BCUT2D eigenvalue weighted by atomic mass is 9.99. The Labute approximate surface area is 115 Å². The summed E-state index contributed by atoms with van der Waals surface area (Å²) in [7, 11) is 0. The minimum atomic E-state index is -0.460. The first kappa shape index (κ1) is 15.6. The summed E-state index contributed by atoms with van der Waals surface area (Å²) in [6, 6.07) is 2.93. The van der Waals surface area contributed by atoms with E-state index in [0.29, 0.717) is 12.5 Å². The van der Waals surface area contributed by atoms with E-state index in [1.165, 1.54) is 31.4 Å². The molecule has 0 aliphatic heterocycles. The van der Waals surface area contributed by atoms with Gasteiger partial charge in [0.1, 0.15) is 0 Å². The average molecular weight is 267 g/mol. The summed E-state index contributed by atoms with van der Waals surface area (Å²) >= 11 is 0. The Morgan fingerprint density at radius 1 is 1.11 bits per heavy atom. The topological polar surface area (TPSA) is 72.7 Å². The van der Waals surface area contributed by atoms with Gasteiger partial charge in [0.05, 0.1) is 0 Å². The fourth-order valence-corrected chi connectivity index (χ4v) is 2.13. The van der Waals surface area contributed by atoms with Gasteiger partial charge in [-0.1, -0.05) is 33.1 Å². The van der Waals surface area contributed by atoms with Crippen molar-refractivity contribution in [1.82, 2.24) is 5.32 Å². The molecule has 0 saturated carbocycles. The average Bonchev–Trinajstić information content (AvgIpc) is 2.39. The number of rotatable bonds is 8. The highest BCUT2D eigenvalue weighted by atomic mass is 16.3. The van der Waals surface area contributed by atoms with E-state index in [1.807, 2.05) is 0 Å². The molecular formula is C15H25NO3. The molecule has 108 valence electrons. The molecule has 0 amide bonds. The molecule has 0 fully saturated rings. The van der Waals surface area contributed by atoms with Crippen LogP contribution in [0, 0.1) is 5.92 Å². The maximum atomic E-state index is 9.41. The lowest BCUT2D eigenvalue weighted by molar-refractivity contribution is 0.366. The van der Waals surface area contributed by atoms with Crippen LogP contribution in [-0.2, 0) is 6.54 Å². The van der Waals surface area contributed by atoms with Gasteiger partial charge in [-0.3, -0.25) is 0 Å². The highest BCUT2D eigenvalue weighted by Crippen LogP contribution is 2.35. The molecule has 0 spiro atoms. The smallest absolute Gasteiger partial charge is 0.200 e. The highest BCUT2D eigenvalue weighted by Gasteiger charge is 2.09. The molecule has 0 radical (unpaired) electrons. The molecule has 0 aliphatic rings. The van der Waals surface area contributed by atoms with Gasteiger partial charge in [-0.05, 0) is 36.6 Å². The zero-order valence-corrected chi connectivity index (χ0v) is 11.8. The lowest BCUT2D eigenvalue weighted by Gasteiger charge is -2.15. The predicted octanol–water partition coefficient (Wildman–Crippen LogP) is 3.11. The molecule has 0 bridgehead atoms. The van der Waals surface area contributed by atoms with Crippen LogP contribution in [0.25, 0.3) is 0 Å². The van der Waals surface area contributed by atoms with Gasteiger partial charge in [0.15, 0.2) is 17.2 Å². The number of nitrogens with one attached hydrogen (secondary N) is 1. The molecular weight excluding hydrogens is 242 g/mol. The van der Waals surface area contributed by atoms with Gasteiger partial charge in [-0.2, -0.15) is 0 Å². The van der Waals surface area contributed by atoms with Gasteiger partial charge in [0, 0.05) is 6.54 Å². The maximum Gasteiger partial charge on any atom is 0.200 e. The molecule has 1 atom stereocenters. The molecule has 19 heavy (non-hydrogen) atoms. The predicted molar refractivity (Wildman–Crippen MR) is 76.4 cm³/mol. The lowest BCUT2D eigenvalue weighted by Crippen LogP contribution is -2.22. The number of phenols is 3. The first-order valence-electron chi connectivity index (χ1n) is 7.03. The van der Waals surface area contributed by atoms with E-state index in [1.54, 1.807) is 0 Å². The number of unbranched alkanes of at least 4 members (excludes halogenated alkanes) is 1. The minimum absolute atomic E-state index is 0.283. The van der Waals surface area contributed by atoms with Gasteiger partial charge >= 0.3 is 0 Å². The Morgan fingerprint density at radius 2 is 1.74 bits per heavy atom. The summed E-state index contributed by atoms with van der Waals surface area (Å²) in [5.41, 5.74) is 0.762. The van der Waals surface area contributed by atoms with E-state index >= 15 is 0 Å². The maximum absolute atomic E-state index is 9.41. The minimum Gasteiger partial charge on any atom is -0.504 e. The SMILES string of the molecule is CCCCC(CC)CNCc1cc(O)c(O)c(O)c1. The van der Waals surface area contributed by atoms with Crippen LogP contribution < -0.4 is 5.32 Å². The number of hydrogen-bond acceptors (Lipinski definition) is 4. The van der Waals surface area contributed by atoms with Crippen molar-refractivity contribution in [2.45, 2.75) is 46.1 Å². The van der Waals surface area contributed by atoms with Crippen molar-refractivity contribution < 1.29 is 15.3 Å². The van der Waals surface area contributed by atoms with Crippen molar-refractivity contribution >= 4 is 0 Å². The van der Waals surface area contributed by atoms with Crippen LogP contribution in [0.3, 0.4) is 0 Å². The zero-order chi connectivity index (χ0) is 14.3. The van der Waals surface area contributed by atoms with Gasteiger partial charge in [-0.15, -0.1) is 0 Å². The second kappa shape index (κ2) is 7.89. The van der Waals surface area contributed by atoms with E-state index in [2.05, 4.69) is 19.2 Å². The number of aromatic hydroxyl groups is 3. The second-order valence-corrected chi connectivity index (χ2v) is 5.03. The van der Waals surface area contributed by atoms with E-state index < -0.39 is 5.75 Å². The van der Waals surface area contributed by atoms with Gasteiger partial charge < -0.3 is 20.6 Å². The summed E-state index contributed by atoms with van der Waals surface area (Å²) in [5, 5.41) is 31.4. The van der Waals surface area contributed by atoms with Gasteiger partial charge in [0.25, 0.3) is 0 Å².